The molecule has 0 aliphatic carbocycles. The second-order valence-corrected chi connectivity index (χ2v) is 7.61. The summed E-state index contributed by atoms with van der Waals surface area (Å²) in [6.45, 7) is 4.39. The first-order valence-electron chi connectivity index (χ1n) is 9.49. The van der Waals surface area contributed by atoms with Gasteiger partial charge in [0.15, 0.2) is 0 Å². The zero-order chi connectivity index (χ0) is 21.0. The average Bonchev–Trinajstić information content (AvgIpc) is 2.70. The van der Waals surface area contributed by atoms with Gasteiger partial charge in [-0.25, -0.2) is 4.39 Å². The number of hydrogen-bond acceptors (Lipinski definition) is 2. The van der Waals surface area contributed by atoms with Crippen molar-refractivity contribution < 1.29 is 9.18 Å². The lowest BCUT2D eigenvalue weighted by molar-refractivity contribution is -0.120. The lowest BCUT2D eigenvalue weighted by atomic mass is 10.0. The zero-order valence-electron chi connectivity index (χ0n) is 16.9. The van der Waals surface area contributed by atoms with Gasteiger partial charge in [0.1, 0.15) is 11.9 Å². The summed E-state index contributed by atoms with van der Waals surface area (Å²) in [5, 5.41) is 0.338. The van der Waals surface area contributed by atoms with Gasteiger partial charge in [-0.2, -0.15) is 0 Å². The summed E-state index contributed by atoms with van der Waals surface area (Å²) in [6.07, 6.45) is 0.456. The fraction of sp³-hybridized carbons (Fsp3) is 0.208. The summed E-state index contributed by atoms with van der Waals surface area (Å²) in [6, 6.07) is 18.8. The van der Waals surface area contributed by atoms with E-state index in [0.717, 1.165) is 27.9 Å². The van der Waals surface area contributed by atoms with E-state index in [-0.39, 0.29) is 18.3 Å². The summed E-state index contributed by atoms with van der Waals surface area (Å²) in [4.78, 5) is 15.0. The molecule has 0 radical (unpaired) electrons. The molecule has 0 heterocycles. The normalized spacial score (nSPS) is 11.5. The number of aryl methyl sites for hydroxylation is 2. The number of carbonyl (C=O) groups is 1. The van der Waals surface area contributed by atoms with Crippen molar-refractivity contribution in [2.24, 2.45) is 5.73 Å². The highest BCUT2D eigenvalue weighted by Gasteiger charge is 2.24. The average molecular weight is 447 g/mol. The molecule has 0 saturated heterocycles. The number of nitrogens with zero attached hydrogens (tertiary/aromatic N) is 1. The predicted molar refractivity (Wildman–Crippen MR) is 124 cm³/mol. The van der Waals surface area contributed by atoms with E-state index in [9.17, 15) is 9.18 Å². The van der Waals surface area contributed by atoms with Gasteiger partial charge in [-0.3, -0.25) is 4.79 Å². The largest absolute Gasteiger partial charge is 0.316 e. The molecule has 3 nitrogen and oxygen atoms in total. The van der Waals surface area contributed by atoms with Crippen LogP contribution in [0, 0.1) is 19.7 Å². The summed E-state index contributed by atoms with van der Waals surface area (Å²) in [5.74, 6) is -0.598. The van der Waals surface area contributed by atoms with Crippen LogP contribution in [-0.4, -0.2) is 12.5 Å². The molecule has 3 aromatic rings. The third-order valence-electron chi connectivity index (χ3n) is 5.04. The van der Waals surface area contributed by atoms with E-state index in [1.165, 1.54) is 12.1 Å². The van der Waals surface area contributed by atoms with Crippen molar-refractivity contribution in [1.29, 1.82) is 0 Å². The molecule has 3 aromatic carbocycles. The molecule has 0 fully saturated rings. The molecule has 0 unspecified atom stereocenters. The second-order valence-electron chi connectivity index (χ2n) is 7.17. The first-order valence-corrected chi connectivity index (χ1v) is 9.87. The van der Waals surface area contributed by atoms with Gasteiger partial charge in [-0.1, -0.05) is 48.0 Å². The van der Waals surface area contributed by atoms with E-state index in [4.69, 9.17) is 17.3 Å². The molecular weight excluding hydrogens is 422 g/mol. The van der Waals surface area contributed by atoms with Crippen LogP contribution in [0.5, 0.6) is 0 Å². The molecule has 6 heteroatoms. The van der Waals surface area contributed by atoms with Crippen molar-refractivity contribution in [3.63, 3.8) is 0 Å². The van der Waals surface area contributed by atoms with Gasteiger partial charge in [0.25, 0.3) is 0 Å². The van der Waals surface area contributed by atoms with Crippen LogP contribution in [0.4, 0.5) is 10.1 Å². The number of nitrogens with two attached hydrogens (primary N) is 1. The molecule has 0 aliphatic heterocycles. The van der Waals surface area contributed by atoms with Crippen molar-refractivity contribution in [2.75, 3.05) is 11.4 Å². The van der Waals surface area contributed by atoms with Crippen LogP contribution in [0.3, 0.4) is 0 Å². The van der Waals surface area contributed by atoms with Crippen LogP contribution in [-0.2, 0) is 11.2 Å². The third kappa shape index (κ3) is 5.82. The first-order chi connectivity index (χ1) is 13.8. The van der Waals surface area contributed by atoms with Gasteiger partial charge >= 0.3 is 0 Å². The van der Waals surface area contributed by atoms with Crippen LogP contribution in [0.25, 0.3) is 0 Å². The lowest BCUT2D eigenvalue weighted by Gasteiger charge is -2.27. The Morgan fingerprint density at radius 2 is 1.73 bits per heavy atom. The maximum atomic E-state index is 13.7. The van der Waals surface area contributed by atoms with Gasteiger partial charge < -0.3 is 10.6 Å². The fourth-order valence-corrected chi connectivity index (χ4v) is 3.47. The molecule has 3 rings (SSSR count). The van der Waals surface area contributed by atoms with Gasteiger partial charge in [0.2, 0.25) is 5.91 Å². The maximum Gasteiger partial charge on any atom is 0.248 e. The quantitative estimate of drug-likeness (QED) is 0.520. The highest BCUT2D eigenvalue weighted by atomic mass is 35.5. The van der Waals surface area contributed by atoms with Crippen molar-refractivity contribution in [3.05, 3.63) is 99.8 Å². The van der Waals surface area contributed by atoms with Gasteiger partial charge in [-0.15, -0.1) is 12.4 Å². The Morgan fingerprint density at radius 3 is 2.37 bits per heavy atom. The lowest BCUT2D eigenvalue weighted by Crippen LogP contribution is -2.40. The highest BCUT2D eigenvalue weighted by molar-refractivity contribution is 6.30. The number of anilines is 1. The minimum absolute atomic E-state index is 0. The number of rotatable bonds is 6. The number of benzene rings is 3. The van der Waals surface area contributed by atoms with Crippen molar-refractivity contribution in [3.8, 4) is 0 Å². The van der Waals surface area contributed by atoms with Gasteiger partial charge in [-0.05, 0) is 72.9 Å². The van der Waals surface area contributed by atoms with E-state index >= 15 is 0 Å². The zero-order valence-corrected chi connectivity index (χ0v) is 18.5. The Bertz CT molecular complexity index is 991. The summed E-state index contributed by atoms with van der Waals surface area (Å²) < 4.78 is 13.7. The SMILES string of the molecule is Cc1ccc(N(CCc2cc(F)cc(Cl)c2)C(=O)[C@@H](N)c2ccccc2)cc1C.Cl. The van der Waals surface area contributed by atoms with Crippen LogP contribution in [0.15, 0.2) is 66.7 Å². The standard InChI is InChI=1S/C24H24ClFN2O.ClH/c1-16-8-9-22(12-17(16)2)28(11-10-18-13-20(25)15-21(26)14-18)24(29)23(27)19-6-4-3-5-7-19;/h3-9,12-15,23H,10-11,27H2,1-2H3;1H/t23-;/m0./s1. The minimum atomic E-state index is -0.783. The smallest absolute Gasteiger partial charge is 0.248 e. The topological polar surface area (TPSA) is 46.3 Å². The van der Waals surface area contributed by atoms with Crippen molar-refractivity contribution in [2.45, 2.75) is 26.3 Å². The van der Waals surface area contributed by atoms with Crippen LogP contribution >= 0.6 is 24.0 Å². The molecule has 0 saturated carbocycles. The Kier molecular flexibility index (Phi) is 8.42. The van der Waals surface area contributed by atoms with Gasteiger partial charge in [0, 0.05) is 17.3 Å². The van der Waals surface area contributed by atoms with E-state index in [2.05, 4.69) is 0 Å². The molecule has 0 aromatic heterocycles. The molecular formula is C24H25Cl2FN2O. The highest BCUT2D eigenvalue weighted by Crippen LogP contribution is 2.24. The third-order valence-corrected chi connectivity index (χ3v) is 5.26. The molecule has 158 valence electrons. The molecule has 2 N–H and O–H groups in total. The van der Waals surface area contributed by atoms with Crippen LogP contribution < -0.4 is 10.6 Å². The van der Waals surface area contributed by atoms with Crippen molar-refractivity contribution in [1.82, 2.24) is 0 Å². The number of carbonyl (C=O) groups excluding carboxylic acids is 1. The van der Waals surface area contributed by atoms with Crippen molar-refractivity contribution >= 4 is 35.6 Å². The summed E-state index contributed by atoms with van der Waals surface area (Å²) >= 11 is 5.97. The van der Waals surface area contributed by atoms with E-state index in [1.807, 2.05) is 62.4 Å². The fourth-order valence-electron chi connectivity index (χ4n) is 3.23. The summed E-state index contributed by atoms with van der Waals surface area (Å²) in [7, 11) is 0. The van der Waals surface area contributed by atoms with Gasteiger partial charge in [0.05, 0.1) is 0 Å². The molecule has 1 amide bonds. The number of amides is 1. The molecule has 0 aliphatic rings. The summed E-state index contributed by atoms with van der Waals surface area (Å²) in [5.41, 5.74) is 10.8. The monoisotopic (exact) mass is 446 g/mol. The molecule has 30 heavy (non-hydrogen) atoms. The number of halogens is 3. The van der Waals surface area contributed by atoms with Crippen LogP contribution in [0.2, 0.25) is 5.02 Å². The van der Waals surface area contributed by atoms with Crippen LogP contribution in [0.1, 0.15) is 28.3 Å². The van der Waals surface area contributed by atoms with E-state index < -0.39 is 11.9 Å². The predicted octanol–water partition coefficient (Wildman–Crippen LogP) is 5.79. The number of hydrogen-bond donors (Lipinski definition) is 1. The Morgan fingerprint density at radius 1 is 1.03 bits per heavy atom. The second kappa shape index (κ2) is 10.6. The van der Waals surface area contributed by atoms with E-state index in [1.54, 1.807) is 11.0 Å². The Balaban J connectivity index is 0.00000320. The molecule has 0 bridgehead atoms. The maximum absolute atomic E-state index is 13.7. The molecule has 1 atom stereocenters. The molecule has 0 spiro atoms. The Labute approximate surface area is 188 Å². The minimum Gasteiger partial charge on any atom is -0.316 e. The van der Waals surface area contributed by atoms with E-state index in [0.29, 0.717) is 18.0 Å². The Hall–Kier alpha value is -2.40. The first kappa shape index (κ1) is 23.9.